The Hall–Kier alpha value is -3.35. The van der Waals surface area contributed by atoms with Gasteiger partial charge in [0.15, 0.2) is 11.5 Å². The van der Waals surface area contributed by atoms with Gasteiger partial charge in [-0.3, -0.25) is 14.5 Å². The van der Waals surface area contributed by atoms with Crippen molar-refractivity contribution >= 4 is 5.91 Å². The van der Waals surface area contributed by atoms with Crippen molar-refractivity contribution in [2.45, 2.75) is 25.7 Å². The van der Waals surface area contributed by atoms with Gasteiger partial charge in [0.1, 0.15) is 13.2 Å². The molecule has 7 nitrogen and oxygen atoms in total. The molecule has 0 radical (unpaired) electrons. The molecule has 0 spiro atoms. The van der Waals surface area contributed by atoms with Crippen molar-refractivity contribution in [3.8, 4) is 22.6 Å². The third kappa shape index (κ3) is 4.00. The van der Waals surface area contributed by atoms with Gasteiger partial charge in [-0.25, -0.2) is 0 Å². The van der Waals surface area contributed by atoms with Gasteiger partial charge in [-0.1, -0.05) is 0 Å². The summed E-state index contributed by atoms with van der Waals surface area (Å²) in [5, 5.41) is 4.29. The summed E-state index contributed by atoms with van der Waals surface area (Å²) in [7, 11) is 1.92. The number of aryl methyl sites for hydroxylation is 2. The Kier molecular flexibility index (Phi) is 5.10. The van der Waals surface area contributed by atoms with Crippen LogP contribution in [0.25, 0.3) is 11.1 Å². The molecule has 7 heteroatoms. The molecule has 2 aromatic heterocycles. The second kappa shape index (κ2) is 8.06. The summed E-state index contributed by atoms with van der Waals surface area (Å²) in [6.07, 6.45) is 5.86. The van der Waals surface area contributed by atoms with Gasteiger partial charge in [0.2, 0.25) is 0 Å². The van der Waals surface area contributed by atoms with E-state index in [-0.39, 0.29) is 11.8 Å². The number of hydrogen-bond acceptors (Lipinski definition) is 5. The maximum absolute atomic E-state index is 13.2. The lowest BCUT2D eigenvalue weighted by molar-refractivity contribution is 0.0705. The minimum atomic E-state index is 0.0295. The molecule has 2 aliphatic heterocycles. The van der Waals surface area contributed by atoms with Crippen LogP contribution in [0.1, 0.15) is 40.5 Å². The molecule has 0 unspecified atom stereocenters. The van der Waals surface area contributed by atoms with E-state index < -0.39 is 0 Å². The van der Waals surface area contributed by atoms with Gasteiger partial charge < -0.3 is 14.4 Å². The fourth-order valence-electron chi connectivity index (χ4n) is 4.40. The van der Waals surface area contributed by atoms with Crippen molar-refractivity contribution in [1.29, 1.82) is 0 Å². The molecule has 1 aromatic carbocycles. The van der Waals surface area contributed by atoms with Crippen molar-refractivity contribution in [3.63, 3.8) is 0 Å². The van der Waals surface area contributed by atoms with E-state index in [2.05, 4.69) is 17.2 Å². The lowest BCUT2D eigenvalue weighted by Gasteiger charge is -2.33. The number of carbonyl (C=O) groups excluding carboxylic acids is 1. The van der Waals surface area contributed by atoms with Crippen molar-refractivity contribution in [2.75, 3.05) is 26.3 Å². The second-order valence-corrected chi connectivity index (χ2v) is 8.27. The van der Waals surface area contributed by atoms with Crippen molar-refractivity contribution in [3.05, 3.63) is 59.7 Å². The summed E-state index contributed by atoms with van der Waals surface area (Å²) < 4.78 is 13.0. The molecule has 31 heavy (non-hydrogen) atoms. The Morgan fingerprint density at radius 1 is 1.10 bits per heavy atom. The second-order valence-electron chi connectivity index (χ2n) is 8.27. The topological polar surface area (TPSA) is 69.5 Å². The number of piperidine rings is 1. The predicted octanol–water partition coefficient (Wildman–Crippen LogP) is 3.58. The molecular formula is C24H26N4O3. The lowest BCUT2D eigenvalue weighted by atomic mass is 9.92. The van der Waals surface area contributed by atoms with Crippen LogP contribution in [0.3, 0.4) is 0 Å². The molecule has 1 fully saturated rings. The molecule has 5 rings (SSSR count). The van der Waals surface area contributed by atoms with Crippen LogP contribution in [0.5, 0.6) is 11.5 Å². The highest BCUT2D eigenvalue weighted by Crippen LogP contribution is 2.33. The maximum atomic E-state index is 13.2. The van der Waals surface area contributed by atoms with Crippen LogP contribution < -0.4 is 9.47 Å². The third-order valence-electron chi connectivity index (χ3n) is 5.93. The number of ether oxygens (including phenoxy) is 2. The molecule has 3 aromatic rings. The van der Waals surface area contributed by atoms with E-state index in [1.807, 2.05) is 43.4 Å². The monoisotopic (exact) mass is 418 g/mol. The number of amides is 1. The number of pyridine rings is 1. The first-order valence-corrected chi connectivity index (χ1v) is 10.7. The number of likely N-dealkylation sites (tertiary alicyclic amines) is 1. The van der Waals surface area contributed by atoms with Gasteiger partial charge in [0, 0.05) is 54.8 Å². The van der Waals surface area contributed by atoms with E-state index in [1.165, 1.54) is 0 Å². The van der Waals surface area contributed by atoms with Crippen LogP contribution in [0.2, 0.25) is 0 Å². The average Bonchev–Trinajstić information content (AvgIpc) is 3.24. The average molecular weight is 418 g/mol. The minimum absolute atomic E-state index is 0.0295. The number of nitrogens with zero attached hydrogens (tertiary/aromatic N) is 4. The van der Waals surface area contributed by atoms with Crippen LogP contribution in [0.15, 0.2) is 42.7 Å². The van der Waals surface area contributed by atoms with E-state index >= 15 is 0 Å². The van der Waals surface area contributed by atoms with E-state index in [9.17, 15) is 4.79 Å². The number of rotatable bonds is 3. The zero-order chi connectivity index (χ0) is 21.4. The Bertz CT molecular complexity index is 1120. The van der Waals surface area contributed by atoms with Crippen LogP contribution in [-0.4, -0.2) is 51.9 Å². The SMILES string of the molecule is Cc1cc(-c2cnn(C)c2)cc([C@@H]2CCCN(C(=O)c3ccc4c(c3)OCCO4)C2)n1. The van der Waals surface area contributed by atoms with Crippen molar-refractivity contribution in [2.24, 2.45) is 7.05 Å². The normalized spacial score (nSPS) is 18.1. The first-order valence-electron chi connectivity index (χ1n) is 10.7. The van der Waals surface area contributed by atoms with Gasteiger partial charge in [-0.2, -0.15) is 5.10 Å². The fraction of sp³-hybridized carbons (Fsp3) is 0.375. The summed E-state index contributed by atoms with van der Waals surface area (Å²) in [6.45, 7) is 4.49. The Morgan fingerprint density at radius 3 is 2.74 bits per heavy atom. The highest BCUT2D eigenvalue weighted by molar-refractivity contribution is 5.95. The highest BCUT2D eigenvalue weighted by Gasteiger charge is 2.27. The molecule has 0 N–H and O–H groups in total. The summed E-state index contributed by atoms with van der Waals surface area (Å²) >= 11 is 0. The van der Waals surface area contributed by atoms with Crippen molar-refractivity contribution < 1.29 is 14.3 Å². The Morgan fingerprint density at radius 2 is 1.94 bits per heavy atom. The number of aromatic nitrogens is 3. The Balaban J connectivity index is 1.37. The van der Waals surface area contributed by atoms with Crippen LogP contribution >= 0.6 is 0 Å². The van der Waals surface area contributed by atoms with Crippen LogP contribution in [0.4, 0.5) is 0 Å². The summed E-state index contributed by atoms with van der Waals surface area (Å²) in [5.74, 6) is 1.59. The van der Waals surface area contributed by atoms with E-state index in [1.54, 1.807) is 10.7 Å². The van der Waals surface area contributed by atoms with E-state index in [4.69, 9.17) is 14.5 Å². The molecule has 160 valence electrons. The molecule has 1 amide bonds. The number of carbonyl (C=O) groups is 1. The molecule has 0 bridgehead atoms. The maximum Gasteiger partial charge on any atom is 0.254 e. The molecule has 0 saturated carbocycles. The molecule has 1 saturated heterocycles. The standard InChI is InChI=1S/C24H26N4O3/c1-16-10-19(20-13-25-27(2)14-20)11-21(26-16)18-4-3-7-28(15-18)24(29)17-5-6-22-23(12-17)31-9-8-30-22/h5-6,10-14,18H,3-4,7-9,15H2,1-2H3/t18-/m1/s1. The van der Waals surface area contributed by atoms with E-state index in [0.29, 0.717) is 36.8 Å². The first kappa shape index (κ1) is 19.6. The quantitative estimate of drug-likeness (QED) is 0.650. The van der Waals surface area contributed by atoms with Gasteiger partial charge in [0.05, 0.1) is 6.20 Å². The zero-order valence-corrected chi connectivity index (χ0v) is 17.9. The van der Waals surface area contributed by atoms with Gasteiger partial charge in [-0.05, 0) is 55.7 Å². The van der Waals surface area contributed by atoms with Crippen LogP contribution in [-0.2, 0) is 7.05 Å². The van der Waals surface area contributed by atoms with Gasteiger partial charge >= 0.3 is 0 Å². The predicted molar refractivity (Wildman–Crippen MR) is 116 cm³/mol. The highest BCUT2D eigenvalue weighted by atomic mass is 16.6. The summed E-state index contributed by atoms with van der Waals surface area (Å²) in [4.78, 5) is 20.0. The first-order chi connectivity index (χ1) is 15.1. The van der Waals surface area contributed by atoms with E-state index in [0.717, 1.165) is 41.9 Å². The Labute approximate surface area is 181 Å². The molecular weight excluding hydrogens is 392 g/mol. The third-order valence-corrected chi connectivity index (χ3v) is 5.93. The number of fused-ring (bicyclic) bond motifs is 1. The van der Waals surface area contributed by atoms with Crippen molar-refractivity contribution in [1.82, 2.24) is 19.7 Å². The minimum Gasteiger partial charge on any atom is -0.486 e. The smallest absolute Gasteiger partial charge is 0.254 e. The summed E-state index contributed by atoms with van der Waals surface area (Å²) in [6, 6.07) is 9.68. The molecule has 2 aliphatic rings. The zero-order valence-electron chi connectivity index (χ0n) is 17.9. The largest absolute Gasteiger partial charge is 0.486 e. The lowest BCUT2D eigenvalue weighted by Crippen LogP contribution is -2.39. The fourth-order valence-corrected chi connectivity index (χ4v) is 4.40. The van der Waals surface area contributed by atoms with Gasteiger partial charge in [-0.15, -0.1) is 0 Å². The molecule has 4 heterocycles. The molecule has 0 aliphatic carbocycles. The number of hydrogen-bond donors (Lipinski definition) is 0. The molecule has 1 atom stereocenters. The van der Waals surface area contributed by atoms with Gasteiger partial charge in [0.25, 0.3) is 5.91 Å². The summed E-state index contributed by atoms with van der Waals surface area (Å²) in [5.41, 5.74) is 4.85. The van der Waals surface area contributed by atoms with Crippen LogP contribution in [0, 0.1) is 6.92 Å². The number of benzene rings is 1.